The molecule has 0 aromatic heterocycles. The highest BCUT2D eigenvalue weighted by Gasteiger charge is 2.06. The van der Waals surface area contributed by atoms with E-state index in [0.717, 1.165) is 11.3 Å². The Morgan fingerprint density at radius 2 is 1.67 bits per heavy atom. The van der Waals surface area contributed by atoms with Gasteiger partial charge in [-0.2, -0.15) is 10.5 Å². The number of nitriles is 2. The molecule has 0 heterocycles. The van der Waals surface area contributed by atoms with Crippen LogP contribution in [0.4, 0.5) is 0 Å². The summed E-state index contributed by atoms with van der Waals surface area (Å²) in [6.07, 6.45) is 1.50. The molecule has 0 bridgehead atoms. The van der Waals surface area contributed by atoms with E-state index in [4.69, 9.17) is 24.7 Å². The van der Waals surface area contributed by atoms with Gasteiger partial charge in [-0.1, -0.05) is 18.2 Å². The van der Waals surface area contributed by atoms with Crippen molar-refractivity contribution in [3.63, 3.8) is 0 Å². The molecule has 24 heavy (non-hydrogen) atoms. The summed E-state index contributed by atoms with van der Waals surface area (Å²) in [5.74, 6) is 1.91. The van der Waals surface area contributed by atoms with E-state index in [-0.39, 0.29) is 5.57 Å². The molecule has 0 aliphatic heterocycles. The summed E-state index contributed by atoms with van der Waals surface area (Å²) in [5.41, 5.74) is 1.73. The zero-order valence-corrected chi connectivity index (χ0v) is 13.4. The van der Waals surface area contributed by atoms with Gasteiger partial charge in [0.1, 0.15) is 30.1 Å². The van der Waals surface area contributed by atoms with E-state index < -0.39 is 0 Å². The molecule has 0 amide bonds. The number of nitrogens with zero attached hydrogens (tertiary/aromatic N) is 2. The Bertz CT molecular complexity index is 796. The van der Waals surface area contributed by atoms with E-state index in [1.165, 1.54) is 6.08 Å². The van der Waals surface area contributed by atoms with Crippen molar-refractivity contribution in [2.45, 2.75) is 6.61 Å². The molecule has 5 heteroatoms. The zero-order valence-electron chi connectivity index (χ0n) is 13.4. The Labute approximate surface area is 140 Å². The van der Waals surface area contributed by atoms with E-state index in [0.29, 0.717) is 23.7 Å². The summed E-state index contributed by atoms with van der Waals surface area (Å²) in [4.78, 5) is 0. The molecule has 0 spiro atoms. The standard InChI is InChI=1S/C19H16N2O3/c1-22-17-6-3-14(4-7-17)13-24-18-8-5-15(10-19(18)23-2)9-16(11-20)12-21/h3-10H,13H2,1-2H3. The number of methoxy groups -OCH3 is 2. The van der Waals surface area contributed by atoms with E-state index in [1.54, 1.807) is 32.4 Å². The second-order valence-electron chi connectivity index (χ2n) is 4.83. The first-order chi connectivity index (χ1) is 11.7. The monoisotopic (exact) mass is 320 g/mol. The molecular formula is C19H16N2O3. The third kappa shape index (κ3) is 4.28. The Kier molecular flexibility index (Phi) is 5.82. The number of hydrogen-bond acceptors (Lipinski definition) is 5. The van der Waals surface area contributed by atoms with Crippen LogP contribution in [0.2, 0.25) is 0 Å². The average Bonchev–Trinajstić information content (AvgIpc) is 2.65. The van der Waals surface area contributed by atoms with Crippen LogP contribution in [0.15, 0.2) is 48.0 Å². The van der Waals surface area contributed by atoms with Crippen molar-refractivity contribution < 1.29 is 14.2 Å². The first-order valence-electron chi connectivity index (χ1n) is 7.16. The van der Waals surface area contributed by atoms with Gasteiger partial charge >= 0.3 is 0 Å². The quantitative estimate of drug-likeness (QED) is 0.758. The topological polar surface area (TPSA) is 75.3 Å². The van der Waals surface area contributed by atoms with Gasteiger partial charge in [0, 0.05) is 0 Å². The van der Waals surface area contributed by atoms with Crippen molar-refractivity contribution in [3.05, 3.63) is 59.2 Å². The fourth-order valence-electron chi connectivity index (χ4n) is 2.03. The van der Waals surface area contributed by atoms with Gasteiger partial charge in [0.25, 0.3) is 0 Å². The maximum absolute atomic E-state index is 8.81. The van der Waals surface area contributed by atoms with Gasteiger partial charge in [0.05, 0.1) is 14.2 Å². The Morgan fingerprint density at radius 1 is 0.958 bits per heavy atom. The minimum Gasteiger partial charge on any atom is -0.497 e. The first-order valence-corrected chi connectivity index (χ1v) is 7.16. The SMILES string of the molecule is COc1ccc(COc2ccc(C=C(C#N)C#N)cc2OC)cc1. The molecule has 120 valence electrons. The van der Waals surface area contributed by atoms with Gasteiger partial charge in [-0.15, -0.1) is 0 Å². The van der Waals surface area contributed by atoms with Crippen molar-refractivity contribution in [2.24, 2.45) is 0 Å². The number of rotatable bonds is 6. The molecule has 0 aliphatic rings. The summed E-state index contributed by atoms with van der Waals surface area (Å²) in [7, 11) is 3.16. The fourth-order valence-corrected chi connectivity index (χ4v) is 2.03. The van der Waals surface area contributed by atoms with Gasteiger partial charge < -0.3 is 14.2 Å². The van der Waals surface area contributed by atoms with Crippen molar-refractivity contribution in [3.8, 4) is 29.4 Å². The highest BCUT2D eigenvalue weighted by atomic mass is 16.5. The van der Waals surface area contributed by atoms with E-state index in [9.17, 15) is 0 Å². The van der Waals surface area contributed by atoms with Gasteiger partial charge in [-0.3, -0.25) is 0 Å². The lowest BCUT2D eigenvalue weighted by Crippen LogP contribution is -1.98. The maximum Gasteiger partial charge on any atom is 0.161 e. The molecule has 0 unspecified atom stereocenters. The highest BCUT2D eigenvalue weighted by Crippen LogP contribution is 2.29. The highest BCUT2D eigenvalue weighted by molar-refractivity contribution is 5.64. The molecule has 0 fully saturated rings. The molecule has 2 aromatic carbocycles. The van der Waals surface area contributed by atoms with Crippen molar-refractivity contribution in [2.75, 3.05) is 14.2 Å². The van der Waals surface area contributed by atoms with E-state index >= 15 is 0 Å². The Hall–Kier alpha value is -3.44. The number of ether oxygens (including phenoxy) is 3. The van der Waals surface area contributed by atoms with E-state index in [1.807, 2.05) is 36.4 Å². The third-order valence-electron chi connectivity index (χ3n) is 3.29. The second kappa shape index (κ2) is 8.26. The van der Waals surface area contributed by atoms with Crippen LogP contribution in [0.25, 0.3) is 6.08 Å². The van der Waals surface area contributed by atoms with Gasteiger partial charge in [-0.25, -0.2) is 0 Å². The Morgan fingerprint density at radius 3 is 2.25 bits per heavy atom. The number of hydrogen-bond donors (Lipinski definition) is 0. The molecule has 0 atom stereocenters. The van der Waals surface area contributed by atoms with Crippen molar-refractivity contribution >= 4 is 6.08 Å². The molecule has 2 rings (SSSR count). The second-order valence-corrected chi connectivity index (χ2v) is 4.83. The van der Waals surface area contributed by atoms with Crippen LogP contribution in [-0.2, 0) is 6.61 Å². The van der Waals surface area contributed by atoms with E-state index in [2.05, 4.69) is 0 Å². The zero-order chi connectivity index (χ0) is 17.4. The van der Waals surface area contributed by atoms with Crippen LogP contribution in [0.5, 0.6) is 17.2 Å². The first kappa shape index (κ1) is 16.9. The predicted octanol–water partition coefficient (Wildman–Crippen LogP) is 3.71. The van der Waals surface area contributed by atoms with Crippen LogP contribution in [0.3, 0.4) is 0 Å². The molecule has 0 N–H and O–H groups in total. The summed E-state index contributed by atoms with van der Waals surface area (Å²) in [6.45, 7) is 0.386. The summed E-state index contributed by atoms with van der Waals surface area (Å²) >= 11 is 0. The summed E-state index contributed by atoms with van der Waals surface area (Å²) in [6, 6.07) is 16.5. The average molecular weight is 320 g/mol. The van der Waals surface area contributed by atoms with Crippen LogP contribution in [-0.4, -0.2) is 14.2 Å². The van der Waals surface area contributed by atoms with Crippen molar-refractivity contribution in [1.29, 1.82) is 10.5 Å². The molecule has 0 aliphatic carbocycles. The largest absolute Gasteiger partial charge is 0.497 e. The molecule has 2 aromatic rings. The summed E-state index contributed by atoms with van der Waals surface area (Å²) in [5, 5.41) is 17.6. The fraction of sp³-hybridized carbons (Fsp3) is 0.158. The smallest absolute Gasteiger partial charge is 0.161 e. The van der Waals surface area contributed by atoms with Crippen LogP contribution in [0, 0.1) is 22.7 Å². The van der Waals surface area contributed by atoms with Crippen LogP contribution in [0.1, 0.15) is 11.1 Å². The lowest BCUT2D eigenvalue weighted by Gasteiger charge is -2.11. The van der Waals surface area contributed by atoms with Crippen LogP contribution >= 0.6 is 0 Å². The van der Waals surface area contributed by atoms with Gasteiger partial charge in [0.2, 0.25) is 0 Å². The molecule has 0 saturated carbocycles. The molecule has 0 saturated heterocycles. The third-order valence-corrected chi connectivity index (χ3v) is 3.29. The minimum atomic E-state index is 0.0314. The Balaban J connectivity index is 2.14. The molecule has 5 nitrogen and oxygen atoms in total. The number of benzene rings is 2. The number of allylic oxidation sites excluding steroid dienone is 1. The predicted molar refractivity (Wildman–Crippen MR) is 89.5 cm³/mol. The molecular weight excluding hydrogens is 304 g/mol. The van der Waals surface area contributed by atoms with Gasteiger partial charge in [-0.05, 0) is 41.5 Å². The normalized spacial score (nSPS) is 9.33. The van der Waals surface area contributed by atoms with Gasteiger partial charge in [0.15, 0.2) is 11.5 Å². The lowest BCUT2D eigenvalue weighted by molar-refractivity contribution is 0.284. The van der Waals surface area contributed by atoms with Crippen molar-refractivity contribution in [1.82, 2.24) is 0 Å². The molecule has 0 radical (unpaired) electrons. The minimum absolute atomic E-state index is 0.0314. The maximum atomic E-state index is 8.81. The lowest BCUT2D eigenvalue weighted by atomic mass is 10.1. The summed E-state index contributed by atoms with van der Waals surface area (Å²) < 4.78 is 16.2. The van der Waals surface area contributed by atoms with Crippen LogP contribution < -0.4 is 14.2 Å².